The van der Waals surface area contributed by atoms with E-state index in [1.165, 1.54) is 11.1 Å². The van der Waals surface area contributed by atoms with E-state index in [-0.39, 0.29) is 18.1 Å². The zero-order chi connectivity index (χ0) is 13.8. The summed E-state index contributed by atoms with van der Waals surface area (Å²) in [5, 5.41) is 3.39. The summed E-state index contributed by atoms with van der Waals surface area (Å²) in [5.41, 5.74) is 2.41. The Labute approximate surface area is 119 Å². The van der Waals surface area contributed by atoms with Crippen molar-refractivity contribution in [2.24, 2.45) is 0 Å². The third-order valence-corrected chi connectivity index (χ3v) is 4.18. The fourth-order valence-corrected chi connectivity index (χ4v) is 2.93. The second-order valence-corrected chi connectivity index (χ2v) is 6.07. The Bertz CT molecular complexity index is 450. The molecule has 2 atom stereocenters. The van der Waals surface area contributed by atoms with Gasteiger partial charge in [0, 0.05) is 6.54 Å². The largest absolute Gasteiger partial charge is 0.322 e. The van der Waals surface area contributed by atoms with Gasteiger partial charge in [-0.3, -0.25) is 10.1 Å². The zero-order valence-corrected chi connectivity index (χ0v) is 12.7. The van der Waals surface area contributed by atoms with E-state index in [9.17, 15) is 4.79 Å². The average molecular weight is 278 g/mol. The molecule has 1 fully saturated rings. The SMILES string of the molecule is CSCCCN1C(=O)C(C)NC1c1cccc(C)c1. The van der Waals surface area contributed by atoms with Crippen LogP contribution in [0.25, 0.3) is 0 Å². The number of nitrogens with one attached hydrogen (secondary N) is 1. The summed E-state index contributed by atoms with van der Waals surface area (Å²) < 4.78 is 0. The van der Waals surface area contributed by atoms with Crippen molar-refractivity contribution in [2.75, 3.05) is 18.6 Å². The highest BCUT2D eigenvalue weighted by molar-refractivity contribution is 7.98. The second-order valence-electron chi connectivity index (χ2n) is 5.08. The molecule has 3 nitrogen and oxygen atoms in total. The van der Waals surface area contributed by atoms with Crippen LogP contribution in [0.3, 0.4) is 0 Å². The van der Waals surface area contributed by atoms with Crippen LogP contribution >= 0.6 is 11.8 Å². The molecule has 1 aromatic carbocycles. The van der Waals surface area contributed by atoms with Gasteiger partial charge in [0.25, 0.3) is 0 Å². The van der Waals surface area contributed by atoms with Gasteiger partial charge in [0.1, 0.15) is 6.17 Å². The maximum atomic E-state index is 12.2. The lowest BCUT2D eigenvalue weighted by Gasteiger charge is -2.24. The molecular formula is C15H22N2OS. The minimum absolute atomic E-state index is 0.0317. The van der Waals surface area contributed by atoms with Crippen molar-refractivity contribution in [3.8, 4) is 0 Å². The molecule has 0 bridgehead atoms. The zero-order valence-electron chi connectivity index (χ0n) is 11.8. The van der Waals surface area contributed by atoms with Crippen LogP contribution in [0.1, 0.15) is 30.6 Å². The molecule has 0 radical (unpaired) electrons. The Hall–Kier alpha value is -1.00. The van der Waals surface area contributed by atoms with E-state index >= 15 is 0 Å². The van der Waals surface area contributed by atoms with Crippen LogP contribution in [0.5, 0.6) is 0 Å². The first kappa shape index (κ1) is 14.4. The van der Waals surface area contributed by atoms with Gasteiger partial charge in [-0.05, 0) is 37.8 Å². The van der Waals surface area contributed by atoms with E-state index < -0.39 is 0 Å². The number of carbonyl (C=O) groups excluding carboxylic acids is 1. The number of nitrogens with zero attached hydrogens (tertiary/aromatic N) is 1. The molecular weight excluding hydrogens is 256 g/mol. The van der Waals surface area contributed by atoms with E-state index in [4.69, 9.17) is 0 Å². The van der Waals surface area contributed by atoms with Gasteiger partial charge >= 0.3 is 0 Å². The summed E-state index contributed by atoms with van der Waals surface area (Å²) in [6, 6.07) is 8.31. The van der Waals surface area contributed by atoms with Crippen molar-refractivity contribution >= 4 is 17.7 Å². The fraction of sp³-hybridized carbons (Fsp3) is 0.533. The highest BCUT2D eigenvalue weighted by atomic mass is 32.2. The molecule has 2 rings (SSSR count). The van der Waals surface area contributed by atoms with E-state index in [0.717, 1.165) is 18.7 Å². The number of hydrogen-bond donors (Lipinski definition) is 1. The average Bonchev–Trinajstić information content (AvgIpc) is 2.67. The number of carbonyl (C=O) groups is 1. The first-order valence-electron chi connectivity index (χ1n) is 6.75. The van der Waals surface area contributed by atoms with Crippen molar-refractivity contribution in [1.82, 2.24) is 10.2 Å². The minimum atomic E-state index is -0.0835. The molecule has 1 aliphatic rings. The lowest BCUT2D eigenvalue weighted by atomic mass is 10.1. The van der Waals surface area contributed by atoms with Crippen LogP contribution in [0.15, 0.2) is 24.3 Å². The van der Waals surface area contributed by atoms with Crippen molar-refractivity contribution in [3.63, 3.8) is 0 Å². The van der Waals surface area contributed by atoms with Crippen LogP contribution in [-0.4, -0.2) is 35.4 Å². The van der Waals surface area contributed by atoms with E-state index in [2.05, 4.69) is 42.8 Å². The van der Waals surface area contributed by atoms with Gasteiger partial charge in [-0.2, -0.15) is 11.8 Å². The molecule has 2 unspecified atom stereocenters. The molecule has 4 heteroatoms. The normalized spacial score (nSPS) is 23.1. The van der Waals surface area contributed by atoms with Crippen LogP contribution in [-0.2, 0) is 4.79 Å². The summed E-state index contributed by atoms with van der Waals surface area (Å²) in [7, 11) is 0. The summed E-state index contributed by atoms with van der Waals surface area (Å²) in [5.74, 6) is 1.31. The maximum Gasteiger partial charge on any atom is 0.241 e. The standard InChI is InChI=1S/C15H22N2OS/c1-11-6-4-7-13(10-11)14-16-12(2)15(18)17(14)8-5-9-19-3/h4,6-7,10,12,14,16H,5,8-9H2,1-3H3. The number of benzene rings is 1. The molecule has 1 N–H and O–H groups in total. The highest BCUT2D eigenvalue weighted by Gasteiger charge is 2.36. The Kier molecular flexibility index (Phi) is 4.88. The van der Waals surface area contributed by atoms with Crippen LogP contribution in [0, 0.1) is 6.92 Å². The van der Waals surface area contributed by atoms with Gasteiger partial charge in [0.2, 0.25) is 5.91 Å². The van der Waals surface area contributed by atoms with Crippen LogP contribution in [0.4, 0.5) is 0 Å². The van der Waals surface area contributed by atoms with E-state index in [1.807, 2.05) is 23.6 Å². The van der Waals surface area contributed by atoms with Gasteiger partial charge < -0.3 is 4.90 Å². The second kappa shape index (κ2) is 6.44. The quantitative estimate of drug-likeness (QED) is 0.840. The fourth-order valence-electron chi connectivity index (χ4n) is 2.51. The smallest absolute Gasteiger partial charge is 0.241 e. The third kappa shape index (κ3) is 3.31. The Morgan fingerprint density at radius 1 is 1.42 bits per heavy atom. The molecule has 104 valence electrons. The lowest BCUT2D eigenvalue weighted by molar-refractivity contribution is -0.129. The van der Waals surface area contributed by atoms with Crippen LogP contribution in [0.2, 0.25) is 0 Å². The van der Waals surface area contributed by atoms with Gasteiger partial charge in [0.05, 0.1) is 6.04 Å². The first-order chi connectivity index (χ1) is 9.13. The Balaban J connectivity index is 2.15. The molecule has 1 aliphatic heterocycles. The molecule has 1 heterocycles. The van der Waals surface area contributed by atoms with Crippen molar-refractivity contribution in [1.29, 1.82) is 0 Å². The Morgan fingerprint density at radius 3 is 2.89 bits per heavy atom. The minimum Gasteiger partial charge on any atom is -0.322 e. The number of aryl methyl sites for hydroxylation is 1. The summed E-state index contributed by atoms with van der Waals surface area (Å²) in [6.45, 7) is 4.86. The van der Waals surface area contributed by atoms with Crippen LogP contribution < -0.4 is 5.32 Å². The Morgan fingerprint density at radius 2 is 2.21 bits per heavy atom. The third-order valence-electron chi connectivity index (χ3n) is 3.48. The lowest BCUT2D eigenvalue weighted by Crippen LogP contribution is -2.31. The molecule has 0 aromatic heterocycles. The number of rotatable bonds is 5. The van der Waals surface area contributed by atoms with E-state index in [0.29, 0.717) is 0 Å². The number of amides is 1. The molecule has 1 amide bonds. The summed E-state index contributed by atoms with van der Waals surface area (Å²) >= 11 is 1.83. The molecule has 1 aromatic rings. The molecule has 0 spiro atoms. The number of thioether (sulfide) groups is 1. The van der Waals surface area contributed by atoms with Gasteiger partial charge in [-0.1, -0.05) is 29.8 Å². The molecule has 0 saturated carbocycles. The maximum absolute atomic E-state index is 12.2. The highest BCUT2D eigenvalue weighted by Crippen LogP contribution is 2.26. The molecule has 1 saturated heterocycles. The summed E-state index contributed by atoms with van der Waals surface area (Å²) in [4.78, 5) is 14.2. The van der Waals surface area contributed by atoms with Crippen molar-refractivity contribution in [2.45, 2.75) is 32.5 Å². The predicted molar refractivity (Wildman–Crippen MR) is 81.2 cm³/mol. The van der Waals surface area contributed by atoms with E-state index in [1.54, 1.807) is 0 Å². The first-order valence-corrected chi connectivity index (χ1v) is 8.15. The topological polar surface area (TPSA) is 32.3 Å². The van der Waals surface area contributed by atoms with Crippen molar-refractivity contribution in [3.05, 3.63) is 35.4 Å². The van der Waals surface area contributed by atoms with Gasteiger partial charge in [0.15, 0.2) is 0 Å². The van der Waals surface area contributed by atoms with Crippen molar-refractivity contribution < 1.29 is 4.79 Å². The van der Waals surface area contributed by atoms with Gasteiger partial charge in [-0.25, -0.2) is 0 Å². The number of hydrogen-bond acceptors (Lipinski definition) is 3. The molecule has 0 aliphatic carbocycles. The summed E-state index contributed by atoms with van der Waals surface area (Å²) in [6.07, 6.45) is 3.18. The molecule has 19 heavy (non-hydrogen) atoms. The predicted octanol–water partition coefficient (Wildman–Crippen LogP) is 2.57. The monoisotopic (exact) mass is 278 g/mol. The van der Waals surface area contributed by atoms with Gasteiger partial charge in [-0.15, -0.1) is 0 Å².